The number of aromatic nitrogens is 3. The van der Waals surface area contributed by atoms with Crippen LogP contribution < -0.4 is 10.0 Å². The van der Waals surface area contributed by atoms with Crippen molar-refractivity contribution in [1.29, 1.82) is 0 Å². The summed E-state index contributed by atoms with van der Waals surface area (Å²) in [5, 5.41) is 7.72. The molecular formula is C29H26FN5O3S. The van der Waals surface area contributed by atoms with Gasteiger partial charge in [0.05, 0.1) is 6.26 Å². The average molecular weight is 544 g/mol. The van der Waals surface area contributed by atoms with E-state index in [0.717, 1.165) is 39.8 Å². The third kappa shape index (κ3) is 6.66. The van der Waals surface area contributed by atoms with Gasteiger partial charge >= 0.3 is 0 Å². The van der Waals surface area contributed by atoms with Gasteiger partial charge in [-0.15, -0.1) is 5.10 Å². The Bertz CT molecular complexity index is 1770. The number of halogens is 1. The van der Waals surface area contributed by atoms with Gasteiger partial charge in [-0.3, -0.25) is 9.52 Å². The first-order valence-corrected chi connectivity index (χ1v) is 14.1. The predicted molar refractivity (Wildman–Crippen MR) is 150 cm³/mol. The molecule has 2 heterocycles. The predicted octanol–water partition coefficient (Wildman–Crippen LogP) is 5.31. The summed E-state index contributed by atoms with van der Waals surface area (Å²) in [4.78, 5) is 17.0. The van der Waals surface area contributed by atoms with Gasteiger partial charge in [0.25, 0.3) is 0 Å². The smallest absolute Gasteiger partial charge is 0.247 e. The number of aryl methyl sites for hydroxylation is 1. The zero-order valence-electron chi connectivity index (χ0n) is 21.3. The maximum Gasteiger partial charge on any atom is 0.247 e. The van der Waals surface area contributed by atoms with Crippen LogP contribution in [0.3, 0.4) is 0 Å². The lowest BCUT2D eigenvalue weighted by molar-refractivity contribution is -0.117. The Kier molecular flexibility index (Phi) is 7.12. The Balaban J connectivity index is 1.26. The van der Waals surface area contributed by atoms with E-state index in [-0.39, 0.29) is 18.0 Å². The quantitative estimate of drug-likeness (QED) is 0.261. The van der Waals surface area contributed by atoms with Gasteiger partial charge in [0.2, 0.25) is 16.0 Å². The summed E-state index contributed by atoms with van der Waals surface area (Å²) in [6.45, 7) is 1.86. The van der Waals surface area contributed by atoms with E-state index >= 15 is 0 Å². The molecule has 0 aliphatic rings. The zero-order valence-corrected chi connectivity index (χ0v) is 22.2. The van der Waals surface area contributed by atoms with E-state index in [4.69, 9.17) is 0 Å². The Morgan fingerprint density at radius 2 is 1.54 bits per heavy atom. The third-order valence-electron chi connectivity index (χ3n) is 6.11. The minimum atomic E-state index is -3.35. The first-order chi connectivity index (χ1) is 18.6. The second kappa shape index (κ2) is 10.7. The Morgan fingerprint density at radius 1 is 0.897 bits per heavy atom. The number of sulfonamides is 1. The molecule has 5 rings (SSSR count). The zero-order chi connectivity index (χ0) is 27.6. The van der Waals surface area contributed by atoms with Crippen LogP contribution in [0.2, 0.25) is 0 Å². The number of anilines is 3. The molecule has 0 atom stereocenters. The monoisotopic (exact) mass is 543 g/mol. The van der Waals surface area contributed by atoms with Crippen molar-refractivity contribution in [3.05, 3.63) is 108 Å². The number of hydrogen-bond donors (Lipinski definition) is 2. The van der Waals surface area contributed by atoms with Crippen LogP contribution in [-0.4, -0.2) is 35.1 Å². The van der Waals surface area contributed by atoms with E-state index in [1.54, 1.807) is 34.8 Å². The summed E-state index contributed by atoms with van der Waals surface area (Å²) in [5.41, 5.74) is 6.36. The van der Waals surface area contributed by atoms with Crippen LogP contribution in [0.5, 0.6) is 0 Å². The largest absolute Gasteiger partial charge is 0.323 e. The van der Waals surface area contributed by atoms with Crippen molar-refractivity contribution in [2.45, 2.75) is 19.8 Å². The van der Waals surface area contributed by atoms with Crippen molar-refractivity contribution in [2.75, 3.05) is 16.3 Å². The summed E-state index contributed by atoms with van der Waals surface area (Å²) in [5.74, 6) is 0.161. The fraction of sp³-hybridized carbons (Fsp3) is 0.138. The number of ketones is 1. The van der Waals surface area contributed by atoms with Gasteiger partial charge in [0.1, 0.15) is 11.6 Å². The van der Waals surface area contributed by atoms with Crippen LogP contribution in [0, 0.1) is 12.7 Å². The molecule has 0 saturated heterocycles. The highest BCUT2D eigenvalue weighted by Gasteiger charge is 2.10. The lowest BCUT2D eigenvalue weighted by Crippen LogP contribution is -2.09. The molecule has 0 amide bonds. The molecule has 10 heteroatoms. The van der Waals surface area contributed by atoms with Gasteiger partial charge < -0.3 is 5.32 Å². The molecule has 0 fully saturated rings. The molecule has 0 aliphatic heterocycles. The second-order valence-electron chi connectivity index (χ2n) is 9.40. The highest BCUT2D eigenvalue weighted by Crippen LogP contribution is 2.25. The third-order valence-corrected chi connectivity index (χ3v) is 6.72. The molecule has 0 aliphatic carbocycles. The molecule has 3 aromatic carbocycles. The number of rotatable bonds is 9. The second-order valence-corrected chi connectivity index (χ2v) is 11.1. The Morgan fingerprint density at radius 3 is 2.18 bits per heavy atom. The van der Waals surface area contributed by atoms with Crippen LogP contribution in [0.1, 0.15) is 16.7 Å². The van der Waals surface area contributed by atoms with Gasteiger partial charge in [-0.05, 0) is 71.6 Å². The molecule has 0 spiro atoms. The topological polar surface area (TPSA) is 105 Å². The summed E-state index contributed by atoms with van der Waals surface area (Å²) >= 11 is 0. The minimum absolute atomic E-state index is 0.0648. The van der Waals surface area contributed by atoms with Crippen molar-refractivity contribution >= 4 is 38.8 Å². The normalized spacial score (nSPS) is 11.5. The van der Waals surface area contributed by atoms with Crippen molar-refractivity contribution in [1.82, 2.24) is 14.6 Å². The van der Waals surface area contributed by atoms with Crippen molar-refractivity contribution < 1.29 is 17.6 Å². The van der Waals surface area contributed by atoms with Gasteiger partial charge in [-0.25, -0.2) is 17.3 Å². The standard InChI is InChI=1S/C29H26FN5O3S/c1-19-15-25(34-39(2,37)38)12-13-27(19)31-29-32-28-14-9-23(18-35(28)33-29)22-7-3-20(4-8-22)16-26(36)17-21-5-10-24(30)11-6-21/h3-15,18,34H,16-17H2,1-2H3,(H,31,33). The maximum atomic E-state index is 13.1. The SMILES string of the molecule is Cc1cc(NS(C)(=O)=O)ccc1Nc1nc2ccc(-c3ccc(CC(=O)Cc4ccc(F)cc4)cc3)cn2n1. The minimum Gasteiger partial charge on any atom is -0.323 e. The number of hydrogen-bond acceptors (Lipinski definition) is 6. The number of carbonyl (C=O) groups excluding carboxylic acids is 1. The van der Waals surface area contributed by atoms with Gasteiger partial charge in [-0.2, -0.15) is 4.98 Å². The van der Waals surface area contributed by atoms with Crippen molar-refractivity contribution in [3.63, 3.8) is 0 Å². The number of benzene rings is 3. The number of carbonyl (C=O) groups is 1. The molecule has 39 heavy (non-hydrogen) atoms. The van der Waals surface area contributed by atoms with Crippen molar-refractivity contribution in [2.24, 2.45) is 0 Å². The van der Waals surface area contributed by atoms with E-state index in [1.807, 2.05) is 49.5 Å². The van der Waals surface area contributed by atoms with Crippen LogP contribution in [0.4, 0.5) is 21.7 Å². The molecule has 5 aromatic rings. The number of pyridine rings is 1. The molecule has 0 radical (unpaired) electrons. The fourth-order valence-electron chi connectivity index (χ4n) is 4.24. The number of nitrogens with zero attached hydrogens (tertiary/aromatic N) is 3. The Hall–Kier alpha value is -4.57. The van der Waals surface area contributed by atoms with E-state index in [9.17, 15) is 17.6 Å². The van der Waals surface area contributed by atoms with E-state index in [0.29, 0.717) is 23.7 Å². The van der Waals surface area contributed by atoms with Crippen LogP contribution in [0.25, 0.3) is 16.8 Å². The Labute approximate surface area is 225 Å². The van der Waals surface area contributed by atoms with Gasteiger partial charge in [0.15, 0.2) is 5.65 Å². The van der Waals surface area contributed by atoms with Crippen molar-refractivity contribution in [3.8, 4) is 11.1 Å². The molecular weight excluding hydrogens is 517 g/mol. The molecule has 0 bridgehead atoms. The van der Waals surface area contributed by atoms with E-state index in [2.05, 4.69) is 20.1 Å². The van der Waals surface area contributed by atoms with Crippen LogP contribution in [-0.2, 0) is 27.7 Å². The summed E-state index contributed by atoms with van der Waals surface area (Å²) in [6.07, 6.45) is 3.56. The number of fused-ring (bicyclic) bond motifs is 1. The van der Waals surface area contributed by atoms with Crippen LogP contribution in [0.15, 0.2) is 85.1 Å². The van der Waals surface area contributed by atoms with E-state index in [1.165, 1.54) is 12.1 Å². The van der Waals surface area contributed by atoms with Gasteiger partial charge in [-0.1, -0.05) is 36.4 Å². The number of nitrogens with one attached hydrogen (secondary N) is 2. The van der Waals surface area contributed by atoms with E-state index < -0.39 is 10.0 Å². The van der Waals surface area contributed by atoms with Gasteiger partial charge in [0, 0.05) is 36.0 Å². The summed E-state index contributed by atoms with van der Waals surface area (Å²) in [7, 11) is -3.35. The summed E-state index contributed by atoms with van der Waals surface area (Å²) < 4.78 is 40.2. The lowest BCUT2D eigenvalue weighted by atomic mass is 10.0. The number of Topliss-reactive ketones (excluding diaryl/α,β-unsaturated/α-hetero) is 1. The fourth-order valence-corrected chi connectivity index (χ4v) is 4.80. The molecule has 198 valence electrons. The maximum absolute atomic E-state index is 13.1. The highest BCUT2D eigenvalue weighted by molar-refractivity contribution is 7.92. The highest BCUT2D eigenvalue weighted by atomic mass is 32.2. The van der Waals surface area contributed by atoms with Crippen LogP contribution >= 0.6 is 0 Å². The molecule has 2 N–H and O–H groups in total. The average Bonchev–Trinajstić information content (AvgIpc) is 3.28. The molecule has 2 aromatic heterocycles. The lowest BCUT2D eigenvalue weighted by Gasteiger charge is -2.09. The molecule has 0 saturated carbocycles. The summed E-state index contributed by atoms with van der Waals surface area (Å²) in [6, 6.07) is 22.8. The molecule has 0 unspecified atom stereocenters. The molecule has 8 nitrogen and oxygen atoms in total. The first kappa shape index (κ1) is 26.1. The first-order valence-electron chi connectivity index (χ1n) is 12.2.